The molecule has 2 aliphatic heterocycles. The fourth-order valence-electron chi connectivity index (χ4n) is 2.26. The van der Waals surface area contributed by atoms with Gasteiger partial charge in [-0.3, -0.25) is 9.59 Å². The van der Waals surface area contributed by atoms with Gasteiger partial charge in [0.25, 0.3) is 0 Å². The van der Waals surface area contributed by atoms with Crippen molar-refractivity contribution >= 4 is 21.8 Å². The smallest absolute Gasteiger partial charge is 0.245 e. The van der Waals surface area contributed by atoms with Gasteiger partial charge in [-0.1, -0.05) is 0 Å². The quantitative estimate of drug-likeness (QED) is 0.655. The summed E-state index contributed by atoms with van der Waals surface area (Å²) in [5, 5.41) is 2.63. The van der Waals surface area contributed by atoms with Crippen LogP contribution in [0.15, 0.2) is 0 Å². The molecule has 0 radical (unpaired) electrons. The molecule has 2 saturated heterocycles. The fraction of sp³-hybridized carbons (Fsp3) is 0.800. The van der Waals surface area contributed by atoms with Gasteiger partial charge in [0.2, 0.25) is 21.8 Å². The number of amides is 2. The fourth-order valence-corrected chi connectivity index (χ4v) is 3.09. The van der Waals surface area contributed by atoms with Crippen molar-refractivity contribution in [3.05, 3.63) is 0 Å². The van der Waals surface area contributed by atoms with Gasteiger partial charge >= 0.3 is 0 Å². The van der Waals surface area contributed by atoms with Crippen LogP contribution in [0.2, 0.25) is 0 Å². The Morgan fingerprint density at radius 3 is 2.33 bits per heavy atom. The maximum atomic E-state index is 12.0. The van der Waals surface area contributed by atoms with Gasteiger partial charge in [0.05, 0.1) is 6.26 Å². The molecule has 0 aliphatic carbocycles. The number of hydrogen-bond donors (Lipinski definition) is 1. The minimum Gasteiger partial charge on any atom is -0.344 e. The summed E-state index contributed by atoms with van der Waals surface area (Å²) in [6, 6.07) is -0.428. The third kappa shape index (κ3) is 2.81. The van der Waals surface area contributed by atoms with Crippen LogP contribution >= 0.6 is 0 Å². The zero-order valence-electron chi connectivity index (χ0n) is 10.3. The molecule has 0 aromatic carbocycles. The summed E-state index contributed by atoms with van der Waals surface area (Å²) in [6.45, 7) is 1.42. The summed E-state index contributed by atoms with van der Waals surface area (Å²) >= 11 is 0. The van der Waals surface area contributed by atoms with Crippen LogP contribution in [0.4, 0.5) is 0 Å². The second kappa shape index (κ2) is 4.85. The van der Waals surface area contributed by atoms with Gasteiger partial charge in [-0.15, -0.1) is 0 Å². The number of piperazine rings is 1. The van der Waals surface area contributed by atoms with E-state index in [1.54, 1.807) is 4.90 Å². The molecule has 7 nitrogen and oxygen atoms in total. The molecule has 2 fully saturated rings. The van der Waals surface area contributed by atoms with Crippen LogP contribution in [0.3, 0.4) is 0 Å². The predicted octanol–water partition coefficient (Wildman–Crippen LogP) is -1.63. The van der Waals surface area contributed by atoms with Crippen molar-refractivity contribution in [2.45, 2.75) is 18.9 Å². The summed E-state index contributed by atoms with van der Waals surface area (Å²) in [5.41, 5.74) is 0. The van der Waals surface area contributed by atoms with E-state index in [0.29, 0.717) is 39.0 Å². The number of carbonyl (C=O) groups is 2. The average molecular weight is 275 g/mol. The molecule has 0 unspecified atom stereocenters. The molecule has 0 saturated carbocycles. The number of nitrogens with one attached hydrogen (secondary N) is 1. The molecule has 2 amide bonds. The molecule has 8 heteroatoms. The highest BCUT2D eigenvalue weighted by Crippen LogP contribution is 2.12. The highest BCUT2D eigenvalue weighted by Gasteiger charge is 2.33. The molecule has 18 heavy (non-hydrogen) atoms. The molecule has 2 heterocycles. The predicted molar refractivity (Wildman–Crippen MR) is 64.2 cm³/mol. The van der Waals surface area contributed by atoms with Crippen molar-refractivity contribution in [2.75, 3.05) is 32.4 Å². The van der Waals surface area contributed by atoms with Crippen LogP contribution in [-0.2, 0) is 19.6 Å². The number of rotatable bonds is 2. The standard InChI is InChI=1S/C10H17N3O4S/c1-18(16,17)13-6-4-12(5-7-13)10(15)8-2-3-9(14)11-8/h8H,2-7H2,1H3,(H,11,14)/t8-/m1/s1. The second-order valence-electron chi connectivity index (χ2n) is 4.65. The van der Waals surface area contributed by atoms with Gasteiger partial charge in [0, 0.05) is 32.6 Å². The van der Waals surface area contributed by atoms with Gasteiger partial charge in [-0.2, -0.15) is 4.31 Å². The molecule has 0 spiro atoms. The zero-order chi connectivity index (χ0) is 13.3. The summed E-state index contributed by atoms with van der Waals surface area (Å²) in [6.07, 6.45) is 2.09. The Labute approximate surface area is 106 Å². The summed E-state index contributed by atoms with van der Waals surface area (Å²) in [4.78, 5) is 24.7. The lowest BCUT2D eigenvalue weighted by Gasteiger charge is -2.34. The van der Waals surface area contributed by atoms with Crippen molar-refractivity contribution in [3.63, 3.8) is 0 Å². The third-order valence-electron chi connectivity index (χ3n) is 3.31. The molecular weight excluding hydrogens is 258 g/mol. The molecule has 0 bridgehead atoms. The van der Waals surface area contributed by atoms with E-state index in [1.807, 2.05) is 0 Å². The Morgan fingerprint density at radius 1 is 1.28 bits per heavy atom. The van der Waals surface area contributed by atoms with E-state index in [0.717, 1.165) is 0 Å². The molecule has 2 rings (SSSR count). The van der Waals surface area contributed by atoms with Crippen LogP contribution in [0, 0.1) is 0 Å². The van der Waals surface area contributed by atoms with E-state index in [9.17, 15) is 18.0 Å². The van der Waals surface area contributed by atoms with E-state index < -0.39 is 16.1 Å². The topological polar surface area (TPSA) is 86.8 Å². The Kier molecular flexibility index (Phi) is 3.58. The van der Waals surface area contributed by atoms with Crippen LogP contribution in [0.25, 0.3) is 0 Å². The second-order valence-corrected chi connectivity index (χ2v) is 6.63. The monoisotopic (exact) mass is 275 g/mol. The normalized spacial score (nSPS) is 26.2. The largest absolute Gasteiger partial charge is 0.344 e. The first-order valence-corrected chi connectivity index (χ1v) is 7.76. The first kappa shape index (κ1) is 13.3. The van der Waals surface area contributed by atoms with E-state index in [-0.39, 0.29) is 11.8 Å². The maximum Gasteiger partial charge on any atom is 0.245 e. The molecule has 1 atom stereocenters. The van der Waals surface area contributed by atoms with Crippen LogP contribution in [0.1, 0.15) is 12.8 Å². The lowest BCUT2D eigenvalue weighted by Crippen LogP contribution is -2.54. The van der Waals surface area contributed by atoms with E-state index >= 15 is 0 Å². The van der Waals surface area contributed by atoms with Crippen molar-refractivity contribution in [3.8, 4) is 0 Å². The van der Waals surface area contributed by atoms with Crippen LogP contribution < -0.4 is 5.32 Å². The minimum atomic E-state index is -3.18. The number of carbonyl (C=O) groups excluding carboxylic acids is 2. The molecule has 102 valence electrons. The van der Waals surface area contributed by atoms with E-state index in [2.05, 4.69) is 5.32 Å². The summed E-state index contributed by atoms with van der Waals surface area (Å²) < 4.78 is 24.0. The third-order valence-corrected chi connectivity index (χ3v) is 4.62. The van der Waals surface area contributed by atoms with Gasteiger partial charge in [0.1, 0.15) is 6.04 Å². The summed E-state index contributed by atoms with van der Waals surface area (Å²) in [5.74, 6) is -0.197. The first-order valence-electron chi connectivity index (χ1n) is 5.91. The van der Waals surface area contributed by atoms with Crippen molar-refractivity contribution in [1.82, 2.24) is 14.5 Å². The molecule has 0 aromatic heterocycles. The minimum absolute atomic E-state index is 0.0943. The van der Waals surface area contributed by atoms with Gasteiger partial charge < -0.3 is 10.2 Å². The average Bonchev–Trinajstić information content (AvgIpc) is 2.74. The number of hydrogen-bond acceptors (Lipinski definition) is 4. The Morgan fingerprint density at radius 2 is 1.89 bits per heavy atom. The SMILES string of the molecule is CS(=O)(=O)N1CCN(C(=O)[C@H]2CCC(=O)N2)CC1. The van der Waals surface area contributed by atoms with Gasteiger partial charge in [-0.05, 0) is 6.42 Å². The van der Waals surface area contributed by atoms with Gasteiger partial charge in [0.15, 0.2) is 0 Å². The molecule has 1 N–H and O–H groups in total. The number of sulfonamides is 1. The summed E-state index contributed by atoms with van der Waals surface area (Å²) in [7, 11) is -3.18. The zero-order valence-corrected chi connectivity index (χ0v) is 11.1. The molecule has 2 aliphatic rings. The maximum absolute atomic E-state index is 12.0. The van der Waals surface area contributed by atoms with E-state index in [4.69, 9.17) is 0 Å². The first-order chi connectivity index (χ1) is 8.38. The lowest BCUT2D eigenvalue weighted by atomic mass is 10.2. The number of nitrogens with zero attached hydrogens (tertiary/aromatic N) is 2. The van der Waals surface area contributed by atoms with E-state index in [1.165, 1.54) is 10.6 Å². The Balaban J connectivity index is 1.90. The lowest BCUT2D eigenvalue weighted by molar-refractivity contribution is -0.135. The highest BCUT2D eigenvalue weighted by atomic mass is 32.2. The highest BCUT2D eigenvalue weighted by molar-refractivity contribution is 7.88. The van der Waals surface area contributed by atoms with Crippen LogP contribution in [0.5, 0.6) is 0 Å². The molecule has 0 aromatic rings. The Hall–Kier alpha value is -1.15. The van der Waals surface area contributed by atoms with Crippen LogP contribution in [-0.4, -0.2) is 67.9 Å². The molecular formula is C10H17N3O4S. The van der Waals surface area contributed by atoms with Gasteiger partial charge in [-0.25, -0.2) is 8.42 Å². The Bertz CT molecular complexity index is 454. The van der Waals surface area contributed by atoms with Crippen molar-refractivity contribution < 1.29 is 18.0 Å². The van der Waals surface area contributed by atoms with Crippen molar-refractivity contribution in [1.29, 1.82) is 0 Å². The van der Waals surface area contributed by atoms with Crippen molar-refractivity contribution in [2.24, 2.45) is 0 Å².